The number of aryl methyl sites for hydroxylation is 1. The van der Waals surface area contributed by atoms with E-state index in [1.165, 1.54) is 0 Å². The van der Waals surface area contributed by atoms with E-state index in [-0.39, 0.29) is 0 Å². The zero-order valence-corrected chi connectivity index (χ0v) is 12.0. The number of imidazole rings is 1. The summed E-state index contributed by atoms with van der Waals surface area (Å²) in [6, 6.07) is 0. The maximum absolute atomic E-state index is 5.14. The van der Waals surface area contributed by atoms with Crippen LogP contribution >= 0.6 is 15.9 Å². The van der Waals surface area contributed by atoms with Crippen molar-refractivity contribution in [2.24, 2.45) is 7.05 Å². The first-order valence-corrected chi connectivity index (χ1v) is 6.17. The van der Waals surface area contributed by atoms with Gasteiger partial charge in [0.15, 0.2) is 11.6 Å². The number of ether oxygens (including phenoxy) is 1. The zero-order chi connectivity index (χ0) is 13.1. The van der Waals surface area contributed by atoms with Gasteiger partial charge in [0.25, 0.3) is 0 Å². The van der Waals surface area contributed by atoms with Crippen LogP contribution in [0.15, 0.2) is 16.9 Å². The van der Waals surface area contributed by atoms with Crippen LogP contribution in [0.3, 0.4) is 0 Å². The van der Waals surface area contributed by atoms with Gasteiger partial charge in [-0.15, -0.1) is 0 Å². The van der Waals surface area contributed by atoms with Crippen molar-refractivity contribution >= 4 is 21.7 Å². The zero-order valence-electron chi connectivity index (χ0n) is 10.4. The average Bonchev–Trinajstić information content (AvgIpc) is 2.78. The Morgan fingerprint density at radius 2 is 2.22 bits per heavy atom. The highest BCUT2D eigenvalue weighted by atomic mass is 79.9. The lowest BCUT2D eigenvalue weighted by Crippen LogP contribution is -2.06. The van der Waals surface area contributed by atoms with Crippen LogP contribution in [-0.2, 0) is 18.4 Å². The average molecular weight is 312 g/mol. The molecule has 2 heterocycles. The second-order valence-corrected chi connectivity index (χ2v) is 4.49. The molecule has 0 atom stereocenters. The Morgan fingerprint density at radius 3 is 2.78 bits per heavy atom. The summed E-state index contributed by atoms with van der Waals surface area (Å²) in [5.74, 6) is 2.01. The van der Waals surface area contributed by atoms with Gasteiger partial charge in [-0.05, 0) is 15.9 Å². The first-order valence-electron chi connectivity index (χ1n) is 5.38. The third-order valence-corrected chi connectivity index (χ3v) is 3.29. The van der Waals surface area contributed by atoms with Gasteiger partial charge in [0.1, 0.15) is 5.82 Å². The monoisotopic (exact) mass is 311 g/mol. The van der Waals surface area contributed by atoms with E-state index in [0.29, 0.717) is 12.4 Å². The molecule has 0 saturated heterocycles. The molecule has 0 radical (unpaired) electrons. The fourth-order valence-corrected chi connectivity index (χ4v) is 2.06. The Balaban J connectivity index is 2.55. The minimum Gasteiger partial charge on any atom is -0.378 e. The van der Waals surface area contributed by atoms with Gasteiger partial charge in [0, 0.05) is 33.6 Å². The fraction of sp³-hybridized carbons (Fsp3) is 0.364. The lowest BCUT2D eigenvalue weighted by molar-refractivity contribution is 0.181. The summed E-state index contributed by atoms with van der Waals surface area (Å²) in [5, 5.41) is 3.03. The van der Waals surface area contributed by atoms with E-state index in [2.05, 4.69) is 36.2 Å². The second-order valence-electron chi connectivity index (χ2n) is 3.70. The van der Waals surface area contributed by atoms with Crippen LogP contribution < -0.4 is 5.32 Å². The molecule has 7 heteroatoms. The van der Waals surface area contributed by atoms with Crippen molar-refractivity contribution < 1.29 is 4.74 Å². The first kappa shape index (κ1) is 13.0. The molecule has 2 aromatic rings. The van der Waals surface area contributed by atoms with Crippen molar-refractivity contribution in [1.82, 2.24) is 19.5 Å². The normalized spacial score (nSPS) is 10.7. The maximum atomic E-state index is 5.14. The minimum absolute atomic E-state index is 0.412. The lowest BCUT2D eigenvalue weighted by atomic mass is 10.3. The molecule has 2 aromatic heterocycles. The summed E-state index contributed by atoms with van der Waals surface area (Å²) >= 11 is 3.46. The quantitative estimate of drug-likeness (QED) is 0.933. The number of anilines is 1. The van der Waals surface area contributed by atoms with Gasteiger partial charge in [0.2, 0.25) is 0 Å². The first-order chi connectivity index (χ1) is 8.67. The summed E-state index contributed by atoms with van der Waals surface area (Å²) in [6.07, 6.45) is 3.57. The molecule has 0 amide bonds. The highest BCUT2D eigenvalue weighted by Gasteiger charge is 2.14. The van der Waals surface area contributed by atoms with Gasteiger partial charge in [0.05, 0.1) is 16.8 Å². The number of methoxy groups -OCH3 is 1. The number of aromatic nitrogens is 4. The van der Waals surface area contributed by atoms with E-state index in [1.54, 1.807) is 13.3 Å². The molecule has 0 aromatic carbocycles. The number of nitrogens with zero attached hydrogens (tertiary/aromatic N) is 4. The van der Waals surface area contributed by atoms with Crippen LogP contribution in [0.1, 0.15) is 5.69 Å². The molecule has 0 aliphatic carbocycles. The Kier molecular flexibility index (Phi) is 3.93. The van der Waals surface area contributed by atoms with E-state index in [4.69, 9.17) is 4.74 Å². The predicted molar refractivity (Wildman–Crippen MR) is 72.2 cm³/mol. The molecular weight excluding hydrogens is 298 g/mol. The summed E-state index contributed by atoms with van der Waals surface area (Å²) in [4.78, 5) is 13.1. The summed E-state index contributed by atoms with van der Waals surface area (Å²) in [7, 11) is 5.35. The molecule has 2 rings (SSSR count). The van der Waals surface area contributed by atoms with Crippen LogP contribution in [0.2, 0.25) is 0 Å². The maximum Gasteiger partial charge on any atom is 0.198 e. The molecule has 0 bridgehead atoms. The molecule has 1 N–H and O–H groups in total. The van der Waals surface area contributed by atoms with E-state index in [0.717, 1.165) is 21.8 Å². The molecule has 0 aliphatic rings. The SMILES string of the molecule is CNc1nc(-c2nccn2C)nc(COC)c1Br. The molecular formula is C11H14BrN5O. The Morgan fingerprint density at radius 1 is 1.44 bits per heavy atom. The van der Waals surface area contributed by atoms with Gasteiger partial charge in [-0.25, -0.2) is 15.0 Å². The van der Waals surface area contributed by atoms with Crippen molar-refractivity contribution in [2.45, 2.75) is 6.61 Å². The third kappa shape index (κ3) is 2.37. The van der Waals surface area contributed by atoms with Gasteiger partial charge in [-0.3, -0.25) is 0 Å². The van der Waals surface area contributed by atoms with Crippen LogP contribution in [0.25, 0.3) is 11.6 Å². The second kappa shape index (κ2) is 5.45. The molecule has 0 fully saturated rings. The van der Waals surface area contributed by atoms with Gasteiger partial charge < -0.3 is 14.6 Å². The van der Waals surface area contributed by atoms with E-state index in [9.17, 15) is 0 Å². The summed E-state index contributed by atoms with van der Waals surface area (Å²) < 4.78 is 7.82. The van der Waals surface area contributed by atoms with Crippen LogP contribution in [0, 0.1) is 0 Å². The highest BCUT2D eigenvalue weighted by molar-refractivity contribution is 9.10. The van der Waals surface area contributed by atoms with E-state index in [1.807, 2.05) is 24.9 Å². The molecule has 0 spiro atoms. The van der Waals surface area contributed by atoms with Crippen molar-refractivity contribution in [3.63, 3.8) is 0 Å². The van der Waals surface area contributed by atoms with E-state index >= 15 is 0 Å². The van der Waals surface area contributed by atoms with Gasteiger partial charge >= 0.3 is 0 Å². The van der Waals surface area contributed by atoms with Gasteiger partial charge in [-0.1, -0.05) is 0 Å². The molecule has 18 heavy (non-hydrogen) atoms. The fourth-order valence-electron chi connectivity index (χ4n) is 1.57. The number of nitrogens with one attached hydrogen (secondary N) is 1. The molecule has 96 valence electrons. The molecule has 0 saturated carbocycles. The summed E-state index contributed by atoms with van der Waals surface area (Å²) in [5.41, 5.74) is 0.787. The van der Waals surface area contributed by atoms with Crippen molar-refractivity contribution in [2.75, 3.05) is 19.5 Å². The number of hydrogen-bond donors (Lipinski definition) is 1. The molecule has 6 nitrogen and oxygen atoms in total. The van der Waals surface area contributed by atoms with Gasteiger partial charge in [-0.2, -0.15) is 0 Å². The Labute approximate surface area is 114 Å². The van der Waals surface area contributed by atoms with E-state index < -0.39 is 0 Å². The lowest BCUT2D eigenvalue weighted by Gasteiger charge is -2.10. The molecule has 0 unspecified atom stereocenters. The highest BCUT2D eigenvalue weighted by Crippen LogP contribution is 2.26. The topological polar surface area (TPSA) is 64.9 Å². The number of halogens is 1. The van der Waals surface area contributed by atoms with Crippen LogP contribution in [0.4, 0.5) is 5.82 Å². The van der Waals surface area contributed by atoms with Crippen LogP contribution in [-0.4, -0.2) is 33.7 Å². The smallest absolute Gasteiger partial charge is 0.198 e. The minimum atomic E-state index is 0.412. The largest absolute Gasteiger partial charge is 0.378 e. The third-order valence-electron chi connectivity index (χ3n) is 2.46. The van der Waals surface area contributed by atoms with Crippen molar-refractivity contribution in [1.29, 1.82) is 0 Å². The number of hydrogen-bond acceptors (Lipinski definition) is 5. The van der Waals surface area contributed by atoms with Crippen molar-refractivity contribution in [3.05, 3.63) is 22.6 Å². The Hall–Kier alpha value is -1.47. The van der Waals surface area contributed by atoms with Crippen molar-refractivity contribution in [3.8, 4) is 11.6 Å². The Bertz CT molecular complexity index is 554. The summed E-state index contributed by atoms with van der Waals surface area (Å²) in [6.45, 7) is 0.412. The predicted octanol–water partition coefficient (Wildman–Crippen LogP) is 1.83. The molecule has 0 aliphatic heterocycles. The number of rotatable bonds is 4. The standard InChI is InChI=1S/C11H14BrN5O/c1-13-9-8(12)7(6-18-3)15-10(16-9)11-14-4-5-17(11)2/h4-5H,6H2,1-3H3,(H,13,15,16). The van der Waals surface area contributed by atoms with Crippen LogP contribution in [0.5, 0.6) is 0 Å².